The summed E-state index contributed by atoms with van der Waals surface area (Å²) in [6.45, 7) is 6.09. The number of nitrogens with one attached hydrogen (secondary N) is 1. The highest BCUT2D eigenvalue weighted by molar-refractivity contribution is 5.89. The highest BCUT2D eigenvalue weighted by Gasteiger charge is 2.20. The van der Waals surface area contributed by atoms with E-state index in [-0.39, 0.29) is 0 Å². The molecule has 0 aliphatic carbocycles. The fourth-order valence-corrected chi connectivity index (χ4v) is 5.21. The van der Waals surface area contributed by atoms with Gasteiger partial charge in [0.25, 0.3) is 0 Å². The van der Waals surface area contributed by atoms with E-state index in [1.165, 1.54) is 27.7 Å². The lowest BCUT2D eigenvalue weighted by Crippen LogP contribution is -2.29. The molecule has 0 bridgehead atoms. The van der Waals surface area contributed by atoms with Crippen LogP contribution in [0.5, 0.6) is 0 Å². The van der Waals surface area contributed by atoms with Crippen molar-refractivity contribution in [1.29, 1.82) is 0 Å². The number of imidazole rings is 1. The molecule has 172 valence electrons. The van der Waals surface area contributed by atoms with Gasteiger partial charge in [-0.25, -0.2) is 15.0 Å². The van der Waals surface area contributed by atoms with Gasteiger partial charge in [-0.05, 0) is 54.1 Å². The molecule has 0 saturated carbocycles. The molecule has 0 radical (unpaired) electrons. The highest BCUT2D eigenvalue weighted by Crippen LogP contribution is 2.31. The largest absolute Gasteiger partial charge is 0.358 e. The summed E-state index contributed by atoms with van der Waals surface area (Å²) in [5.74, 6) is 0.724. The van der Waals surface area contributed by atoms with Gasteiger partial charge in [-0.2, -0.15) is 0 Å². The molecule has 6 aromatic rings. The topological polar surface area (TPSA) is 75.5 Å². The summed E-state index contributed by atoms with van der Waals surface area (Å²) in [7, 11) is 0. The average Bonchev–Trinajstić information content (AvgIpc) is 3.48. The molecule has 0 atom stereocenters. The van der Waals surface area contributed by atoms with Crippen molar-refractivity contribution in [1.82, 2.24) is 34.4 Å². The third-order valence-corrected chi connectivity index (χ3v) is 7.14. The molecule has 0 fully saturated rings. The van der Waals surface area contributed by atoms with Gasteiger partial charge in [-0.15, -0.1) is 0 Å². The first-order valence-electron chi connectivity index (χ1n) is 12.1. The summed E-state index contributed by atoms with van der Waals surface area (Å²) >= 11 is 0. The molecule has 1 aliphatic rings. The maximum absolute atomic E-state index is 4.95. The van der Waals surface area contributed by atoms with Crippen molar-refractivity contribution in [3.63, 3.8) is 0 Å². The van der Waals surface area contributed by atoms with Crippen molar-refractivity contribution in [3.8, 4) is 11.4 Å². The Balaban J connectivity index is 1.26. The maximum Gasteiger partial charge on any atom is 0.164 e. The first-order valence-corrected chi connectivity index (χ1v) is 12.1. The van der Waals surface area contributed by atoms with E-state index in [1.807, 2.05) is 24.8 Å². The van der Waals surface area contributed by atoms with Crippen molar-refractivity contribution in [2.75, 3.05) is 13.1 Å². The van der Waals surface area contributed by atoms with Gasteiger partial charge < -0.3 is 9.55 Å². The lowest BCUT2D eigenvalue weighted by Gasteiger charge is -2.25. The summed E-state index contributed by atoms with van der Waals surface area (Å²) in [6.07, 6.45) is 6.57. The molecule has 0 saturated heterocycles. The van der Waals surface area contributed by atoms with E-state index in [0.29, 0.717) is 6.54 Å². The molecule has 7 heteroatoms. The summed E-state index contributed by atoms with van der Waals surface area (Å²) in [5, 5.41) is 2.41. The monoisotopic (exact) mass is 459 g/mol. The predicted octanol–water partition coefficient (Wildman–Crippen LogP) is 4.95. The number of aromatic amines is 1. The van der Waals surface area contributed by atoms with Crippen molar-refractivity contribution in [2.45, 2.75) is 26.4 Å². The second-order valence-electron chi connectivity index (χ2n) is 9.27. The summed E-state index contributed by atoms with van der Waals surface area (Å²) in [4.78, 5) is 24.7. The third-order valence-electron chi connectivity index (χ3n) is 7.14. The van der Waals surface area contributed by atoms with Crippen LogP contribution >= 0.6 is 0 Å². The summed E-state index contributed by atoms with van der Waals surface area (Å²) in [5.41, 5.74) is 8.82. The van der Waals surface area contributed by atoms with Gasteiger partial charge in [-0.3, -0.25) is 9.88 Å². The average molecular weight is 460 g/mol. The number of hydrogen-bond donors (Lipinski definition) is 1. The molecule has 0 unspecified atom stereocenters. The summed E-state index contributed by atoms with van der Waals surface area (Å²) in [6, 6.07) is 16.9. The van der Waals surface area contributed by atoms with Crippen LogP contribution in [0.4, 0.5) is 0 Å². The Bertz CT molecular complexity index is 1710. The van der Waals surface area contributed by atoms with Gasteiger partial charge >= 0.3 is 0 Å². The van der Waals surface area contributed by atoms with Crippen LogP contribution in [0, 0.1) is 0 Å². The van der Waals surface area contributed by atoms with E-state index in [9.17, 15) is 0 Å². The minimum atomic E-state index is 0.689. The number of likely N-dealkylation sites (N-methyl/N-ethyl adjacent to an activating group) is 1. The summed E-state index contributed by atoms with van der Waals surface area (Å²) < 4.78 is 2.09. The van der Waals surface area contributed by atoms with E-state index in [1.54, 1.807) is 0 Å². The maximum atomic E-state index is 4.95. The van der Waals surface area contributed by atoms with Crippen molar-refractivity contribution in [3.05, 3.63) is 84.1 Å². The number of benzene rings is 2. The van der Waals surface area contributed by atoms with Crippen LogP contribution in [0.25, 0.3) is 44.4 Å². The number of aromatic nitrogens is 6. The standard InChI is InChI=1S/C28H25N7/c1-2-34-11-9-25-22(16-34)21-13-20(6-8-24(21)32-25)27-30-14-26-28(33-27)35(17-31-26)15-18-5-7-23-19(12-18)4-3-10-29-23/h3-8,10,12-14,17,32H,2,9,11,15-16H2,1H3. The molecular formula is C28H25N7. The third kappa shape index (κ3) is 3.47. The SMILES string of the molecule is CCN1CCc2[nH]c3ccc(-c4ncc5ncn(Cc6ccc7ncccc7c6)c5n4)cc3c2C1. The molecule has 35 heavy (non-hydrogen) atoms. The molecule has 1 aliphatic heterocycles. The van der Waals surface area contributed by atoms with Gasteiger partial charge in [0, 0.05) is 53.3 Å². The van der Waals surface area contributed by atoms with Gasteiger partial charge in [0.2, 0.25) is 0 Å². The van der Waals surface area contributed by atoms with E-state index < -0.39 is 0 Å². The molecule has 5 heterocycles. The van der Waals surface area contributed by atoms with Crippen LogP contribution in [0.15, 0.2) is 67.3 Å². The fourth-order valence-electron chi connectivity index (χ4n) is 5.21. The van der Waals surface area contributed by atoms with E-state index in [2.05, 4.69) is 78.8 Å². The molecule has 7 rings (SSSR count). The van der Waals surface area contributed by atoms with Gasteiger partial charge in [0.15, 0.2) is 11.5 Å². The number of rotatable bonds is 4. The Kier molecular flexibility index (Phi) is 4.63. The number of hydrogen-bond acceptors (Lipinski definition) is 5. The Hall–Kier alpha value is -4.10. The lowest BCUT2D eigenvalue weighted by atomic mass is 10.0. The zero-order valence-corrected chi connectivity index (χ0v) is 19.6. The normalized spacial score (nSPS) is 14.2. The zero-order valence-electron chi connectivity index (χ0n) is 19.6. The Morgan fingerprint density at radius 2 is 1.97 bits per heavy atom. The second kappa shape index (κ2) is 7.99. The fraction of sp³-hybridized carbons (Fsp3) is 0.214. The minimum Gasteiger partial charge on any atom is -0.358 e. The van der Waals surface area contributed by atoms with E-state index in [4.69, 9.17) is 4.98 Å². The number of pyridine rings is 1. The van der Waals surface area contributed by atoms with Crippen molar-refractivity contribution in [2.24, 2.45) is 0 Å². The lowest BCUT2D eigenvalue weighted by molar-refractivity contribution is 0.268. The smallest absolute Gasteiger partial charge is 0.164 e. The van der Waals surface area contributed by atoms with Crippen LogP contribution in [-0.4, -0.2) is 47.5 Å². The first-order chi connectivity index (χ1) is 17.2. The van der Waals surface area contributed by atoms with Gasteiger partial charge in [-0.1, -0.05) is 19.1 Å². The van der Waals surface area contributed by atoms with Crippen LogP contribution in [0.3, 0.4) is 0 Å². The number of fused-ring (bicyclic) bond motifs is 5. The van der Waals surface area contributed by atoms with Crippen LogP contribution in [-0.2, 0) is 19.5 Å². The molecule has 0 amide bonds. The zero-order chi connectivity index (χ0) is 23.4. The molecule has 2 aromatic carbocycles. The highest BCUT2D eigenvalue weighted by atomic mass is 15.1. The second-order valence-corrected chi connectivity index (χ2v) is 9.27. The van der Waals surface area contributed by atoms with Crippen LogP contribution < -0.4 is 0 Å². The van der Waals surface area contributed by atoms with Gasteiger partial charge in [0.1, 0.15) is 5.52 Å². The molecule has 0 spiro atoms. The van der Waals surface area contributed by atoms with Gasteiger partial charge in [0.05, 0.1) is 24.6 Å². The van der Waals surface area contributed by atoms with Crippen molar-refractivity contribution >= 4 is 33.0 Å². The van der Waals surface area contributed by atoms with Crippen LogP contribution in [0.2, 0.25) is 0 Å². The Labute approximate surface area is 202 Å². The van der Waals surface area contributed by atoms with Crippen LogP contribution in [0.1, 0.15) is 23.7 Å². The predicted molar refractivity (Wildman–Crippen MR) is 138 cm³/mol. The quantitative estimate of drug-likeness (QED) is 0.404. The number of nitrogens with zero attached hydrogens (tertiary/aromatic N) is 6. The van der Waals surface area contributed by atoms with E-state index in [0.717, 1.165) is 59.5 Å². The van der Waals surface area contributed by atoms with E-state index >= 15 is 0 Å². The Morgan fingerprint density at radius 3 is 2.91 bits per heavy atom. The molecule has 4 aromatic heterocycles. The number of H-pyrrole nitrogens is 1. The minimum absolute atomic E-state index is 0.689. The molecule has 7 nitrogen and oxygen atoms in total. The molecular weight excluding hydrogens is 434 g/mol. The molecule has 1 N–H and O–H groups in total. The first kappa shape index (κ1) is 20.3. The van der Waals surface area contributed by atoms with Crippen molar-refractivity contribution < 1.29 is 0 Å². The Morgan fingerprint density at radius 1 is 1.00 bits per heavy atom.